The predicted octanol–water partition coefficient (Wildman–Crippen LogP) is 3.47. The lowest BCUT2D eigenvalue weighted by Crippen LogP contribution is -2.16. The first-order valence-corrected chi connectivity index (χ1v) is 8.21. The molecule has 7 heteroatoms. The molecule has 1 heterocycles. The monoisotopic (exact) mass is 370 g/mol. The maximum Gasteiger partial charge on any atom is 0.337 e. The number of hydrogen-bond donors (Lipinski definition) is 2. The van der Waals surface area contributed by atoms with Crippen LogP contribution in [-0.4, -0.2) is 27.0 Å². The third-order valence-corrected chi connectivity index (χ3v) is 3.78. The molecule has 0 aliphatic heterocycles. The second-order valence-corrected chi connectivity index (χ2v) is 5.70. The molecule has 0 saturated carbocycles. The van der Waals surface area contributed by atoms with E-state index in [2.05, 4.69) is 15.3 Å². The number of nitrogens with one attached hydrogen (secondary N) is 1. The molecule has 0 atom stereocenters. The fourth-order valence-electron chi connectivity index (χ4n) is 2.37. The summed E-state index contributed by atoms with van der Waals surface area (Å²) in [5.74, 6) is -1.85. The lowest BCUT2D eigenvalue weighted by atomic mass is 10.1. The van der Waals surface area contributed by atoms with E-state index in [1.54, 1.807) is 6.08 Å². The largest absolute Gasteiger partial charge is 0.478 e. The highest BCUT2D eigenvalue weighted by molar-refractivity contribution is 6.06. The van der Waals surface area contributed by atoms with E-state index in [1.807, 2.05) is 42.5 Å². The first kappa shape index (κ1) is 18.5. The summed E-state index contributed by atoms with van der Waals surface area (Å²) in [4.78, 5) is 31.9. The molecule has 2 aromatic carbocycles. The lowest BCUT2D eigenvalue weighted by Gasteiger charge is -2.08. The fourth-order valence-corrected chi connectivity index (χ4v) is 2.37. The van der Waals surface area contributed by atoms with E-state index < -0.39 is 11.9 Å². The number of nitrogens with zero attached hydrogens (tertiary/aromatic N) is 3. The van der Waals surface area contributed by atoms with Crippen LogP contribution in [0.1, 0.15) is 37.7 Å². The van der Waals surface area contributed by atoms with Crippen LogP contribution in [0.2, 0.25) is 0 Å². The van der Waals surface area contributed by atoms with E-state index in [0.29, 0.717) is 5.69 Å². The Kier molecular flexibility index (Phi) is 5.53. The molecular formula is C21H14N4O3. The molecule has 0 unspecified atom stereocenters. The summed E-state index contributed by atoms with van der Waals surface area (Å²) in [6.07, 6.45) is 6.40. The number of aromatic nitrogens is 2. The molecule has 3 rings (SSSR count). The lowest BCUT2D eigenvalue weighted by molar-refractivity contribution is 0.0698. The maximum atomic E-state index is 12.3. The van der Waals surface area contributed by atoms with Crippen LogP contribution in [0.5, 0.6) is 0 Å². The molecular weight excluding hydrogens is 356 g/mol. The van der Waals surface area contributed by atoms with Crippen LogP contribution in [0.15, 0.2) is 60.9 Å². The summed E-state index contributed by atoms with van der Waals surface area (Å²) >= 11 is 0. The van der Waals surface area contributed by atoms with E-state index in [-0.39, 0.29) is 22.5 Å². The van der Waals surface area contributed by atoms with Crippen LogP contribution in [0, 0.1) is 11.3 Å². The predicted molar refractivity (Wildman–Crippen MR) is 103 cm³/mol. The van der Waals surface area contributed by atoms with Gasteiger partial charge in [0.1, 0.15) is 5.69 Å². The van der Waals surface area contributed by atoms with Gasteiger partial charge in [0.25, 0.3) is 5.91 Å². The molecule has 1 aromatic heterocycles. The van der Waals surface area contributed by atoms with Gasteiger partial charge in [0.05, 0.1) is 41.0 Å². The summed E-state index contributed by atoms with van der Waals surface area (Å²) in [7, 11) is 0. The number of benzene rings is 2. The summed E-state index contributed by atoms with van der Waals surface area (Å²) in [5.41, 5.74) is 1.70. The van der Waals surface area contributed by atoms with Gasteiger partial charge < -0.3 is 10.4 Å². The van der Waals surface area contributed by atoms with Crippen molar-refractivity contribution in [1.29, 1.82) is 5.26 Å². The molecule has 28 heavy (non-hydrogen) atoms. The average Bonchev–Trinajstić information content (AvgIpc) is 2.73. The third-order valence-electron chi connectivity index (χ3n) is 3.78. The second kappa shape index (κ2) is 8.38. The van der Waals surface area contributed by atoms with Crippen molar-refractivity contribution in [1.82, 2.24) is 9.97 Å². The van der Waals surface area contributed by atoms with Gasteiger partial charge >= 0.3 is 5.97 Å². The Morgan fingerprint density at radius 2 is 1.82 bits per heavy atom. The van der Waals surface area contributed by atoms with Crippen molar-refractivity contribution in [3.8, 4) is 6.07 Å². The van der Waals surface area contributed by atoms with E-state index in [9.17, 15) is 14.7 Å². The number of carbonyl (C=O) groups excluding carboxylic acids is 1. The highest BCUT2D eigenvalue weighted by atomic mass is 16.4. The van der Waals surface area contributed by atoms with Gasteiger partial charge in [-0.25, -0.2) is 9.78 Å². The number of hydrogen-bond acceptors (Lipinski definition) is 5. The maximum absolute atomic E-state index is 12.3. The van der Waals surface area contributed by atoms with Crippen molar-refractivity contribution in [2.75, 3.05) is 5.32 Å². The summed E-state index contributed by atoms with van der Waals surface area (Å²) in [5, 5.41) is 20.6. The zero-order valence-electron chi connectivity index (χ0n) is 14.5. The van der Waals surface area contributed by atoms with Crippen LogP contribution in [-0.2, 0) is 0 Å². The van der Waals surface area contributed by atoms with Crippen molar-refractivity contribution >= 4 is 29.7 Å². The van der Waals surface area contributed by atoms with E-state index in [1.165, 1.54) is 30.6 Å². The van der Waals surface area contributed by atoms with Crippen LogP contribution in [0.25, 0.3) is 12.2 Å². The van der Waals surface area contributed by atoms with E-state index in [4.69, 9.17) is 5.26 Å². The molecule has 7 nitrogen and oxygen atoms in total. The minimum atomic E-state index is -1.25. The standard InChI is InChI=1S/C21H14N4O3/c22-11-15-7-9-18(17(10-15)21(27)28)25-20(26)19-13-23-16(12-24-19)8-6-14-4-2-1-3-5-14/h1-10,12-13H,(H,25,26)(H,27,28). The Bertz CT molecular complexity index is 1080. The normalized spacial score (nSPS) is 10.4. The van der Waals surface area contributed by atoms with Gasteiger partial charge in [-0.2, -0.15) is 5.26 Å². The molecule has 0 saturated heterocycles. The second-order valence-electron chi connectivity index (χ2n) is 5.70. The summed E-state index contributed by atoms with van der Waals surface area (Å²) in [6.45, 7) is 0. The first-order valence-electron chi connectivity index (χ1n) is 8.21. The van der Waals surface area contributed by atoms with Gasteiger partial charge in [-0.1, -0.05) is 36.4 Å². The minimum absolute atomic E-state index is 0.0394. The molecule has 0 radical (unpaired) electrons. The molecule has 2 N–H and O–H groups in total. The topological polar surface area (TPSA) is 116 Å². The van der Waals surface area contributed by atoms with E-state index in [0.717, 1.165) is 5.56 Å². The highest BCUT2D eigenvalue weighted by Gasteiger charge is 2.15. The Morgan fingerprint density at radius 3 is 2.46 bits per heavy atom. The highest BCUT2D eigenvalue weighted by Crippen LogP contribution is 2.18. The summed E-state index contributed by atoms with van der Waals surface area (Å²) < 4.78 is 0. The number of carboxylic acids is 1. The number of carboxylic acid groups (broad SMARTS) is 1. The van der Waals surface area contributed by atoms with Crippen molar-refractivity contribution in [3.05, 3.63) is 89.0 Å². The van der Waals surface area contributed by atoms with Crippen molar-refractivity contribution < 1.29 is 14.7 Å². The molecule has 3 aromatic rings. The number of rotatable bonds is 5. The van der Waals surface area contributed by atoms with Crippen molar-refractivity contribution in [3.63, 3.8) is 0 Å². The van der Waals surface area contributed by atoms with Crippen LogP contribution < -0.4 is 5.32 Å². The average molecular weight is 370 g/mol. The Balaban J connectivity index is 1.74. The van der Waals surface area contributed by atoms with Gasteiger partial charge in [0, 0.05) is 0 Å². The number of amides is 1. The number of carbonyl (C=O) groups is 2. The molecule has 0 aliphatic rings. The minimum Gasteiger partial charge on any atom is -0.478 e. The van der Waals surface area contributed by atoms with Crippen LogP contribution >= 0.6 is 0 Å². The Labute approximate surface area is 160 Å². The van der Waals surface area contributed by atoms with Gasteiger partial charge in [-0.3, -0.25) is 9.78 Å². The molecule has 0 aliphatic carbocycles. The van der Waals surface area contributed by atoms with Gasteiger partial charge in [-0.15, -0.1) is 0 Å². The molecule has 0 bridgehead atoms. The smallest absolute Gasteiger partial charge is 0.337 e. The third kappa shape index (κ3) is 4.45. The first-order chi connectivity index (χ1) is 13.6. The zero-order chi connectivity index (χ0) is 19.9. The van der Waals surface area contributed by atoms with Crippen LogP contribution in [0.4, 0.5) is 5.69 Å². The SMILES string of the molecule is N#Cc1ccc(NC(=O)c2cnc(C=Cc3ccccc3)cn2)c(C(=O)O)c1. The number of aromatic carboxylic acids is 1. The molecule has 0 spiro atoms. The van der Waals surface area contributed by atoms with Crippen molar-refractivity contribution in [2.24, 2.45) is 0 Å². The molecule has 0 fully saturated rings. The zero-order valence-corrected chi connectivity index (χ0v) is 14.5. The quantitative estimate of drug-likeness (QED) is 0.710. The van der Waals surface area contributed by atoms with Gasteiger partial charge in [0.15, 0.2) is 0 Å². The Morgan fingerprint density at radius 1 is 1.04 bits per heavy atom. The number of anilines is 1. The van der Waals surface area contributed by atoms with E-state index >= 15 is 0 Å². The fraction of sp³-hybridized carbons (Fsp3) is 0. The molecule has 136 valence electrons. The van der Waals surface area contributed by atoms with Gasteiger partial charge in [0.2, 0.25) is 0 Å². The van der Waals surface area contributed by atoms with Gasteiger partial charge in [-0.05, 0) is 29.8 Å². The number of nitriles is 1. The Hall–Kier alpha value is -4.31. The van der Waals surface area contributed by atoms with Crippen LogP contribution in [0.3, 0.4) is 0 Å². The summed E-state index contributed by atoms with van der Waals surface area (Å²) in [6, 6.07) is 15.5. The van der Waals surface area contributed by atoms with Crippen molar-refractivity contribution in [2.45, 2.75) is 0 Å². The molecule has 1 amide bonds.